The summed E-state index contributed by atoms with van der Waals surface area (Å²) in [6, 6.07) is 11.8. The summed E-state index contributed by atoms with van der Waals surface area (Å²) < 4.78 is 26.7. The fourth-order valence-electron chi connectivity index (χ4n) is 2.55. The zero-order valence-corrected chi connectivity index (χ0v) is 13.9. The molecule has 0 aliphatic heterocycles. The molecule has 2 aromatic carbocycles. The van der Waals surface area contributed by atoms with E-state index in [9.17, 15) is 13.6 Å². The van der Waals surface area contributed by atoms with E-state index in [1.54, 1.807) is 0 Å². The number of aromatic amines is 1. The first-order chi connectivity index (χ1) is 12.1. The van der Waals surface area contributed by atoms with Crippen LogP contribution in [0.3, 0.4) is 0 Å². The Kier molecular flexibility index (Phi) is 4.17. The Bertz CT molecular complexity index is 886. The molecule has 1 atom stereocenters. The summed E-state index contributed by atoms with van der Waals surface area (Å²) in [6.07, 6.45) is 2.00. The van der Waals surface area contributed by atoms with Crippen LogP contribution in [0.25, 0.3) is 11.0 Å². The number of carbonyl (C=O) groups excluding carboxylic acids is 1. The number of fused-ring (bicyclic) bond motifs is 1. The Labute approximate surface area is 147 Å². The van der Waals surface area contributed by atoms with Gasteiger partial charge in [-0.15, -0.1) is 0 Å². The Morgan fingerprint density at radius 2 is 1.92 bits per heavy atom. The number of aromatic nitrogens is 2. The number of hydrogen-bond acceptors (Lipinski definition) is 3. The number of hydrogen-bond donors (Lipinski definition) is 2. The summed E-state index contributed by atoms with van der Waals surface area (Å²) in [7, 11) is 0. The molecule has 1 aliphatic carbocycles. The Morgan fingerprint density at radius 1 is 1.20 bits per heavy atom. The van der Waals surface area contributed by atoms with E-state index in [0.717, 1.165) is 30.5 Å². The van der Waals surface area contributed by atoms with E-state index in [1.165, 1.54) is 11.8 Å². The molecule has 3 aromatic rings. The van der Waals surface area contributed by atoms with Gasteiger partial charge in [0.25, 0.3) is 0 Å². The lowest BCUT2D eigenvalue weighted by atomic mass is 10.1. The fourth-order valence-corrected chi connectivity index (χ4v) is 3.57. The van der Waals surface area contributed by atoms with Crippen molar-refractivity contribution in [2.24, 2.45) is 0 Å². The second-order valence-electron chi connectivity index (χ2n) is 6.02. The number of imidazole rings is 1. The molecular formula is C18H15F2N3OS. The van der Waals surface area contributed by atoms with Gasteiger partial charge in [0.2, 0.25) is 5.91 Å². The van der Waals surface area contributed by atoms with Crippen molar-refractivity contribution in [2.45, 2.75) is 29.3 Å². The topological polar surface area (TPSA) is 57.8 Å². The standard InChI is InChI=1S/C18H15F2N3OS/c19-12-8-14-15(9-13(12)20)23-18(22-14)25-16(10-4-2-1-3-5-10)17(24)21-11-6-7-11/h1-5,8-9,11,16H,6-7H2,(H,21,24)(H,22,23). The molecule has 0 saturated heterocycles. The van der Waals surface area contributed by atoms with Gasteiger partial charge in [-0.1, -0.05) is 42.1 Å². The van der Waals surface area contributed by atoms with Crippen LogP contribution < -0.4 is 5.32 Å². The lowest BCUT2D eigenvalue weighted by molar-refractivity contribution is -0.120. The highest BCUT2D eigenvalue weighted by Gasteiger charge is 2.29. The van der Waals surface area contributed by atoms with Crippen LogP contribution in [0.4, 0.5) is 8.78 Å². The lowest BCUT2D eigenvalue weighted by Gasteiger charge is -2.15. The van der Waals surface area contributed by atoms with Gasteiger partial charge in [0.05, 0.1) is 11.0 Å². The van der Waals surface area contributed by atoms with E-state index >= 15 is 0 Å². The monoisotopic (exact) mass is 359 g/mol. The van der Waals surface area contributed by atoms with Gasteiger partial charge in [-0.3, -0.25) is 4.79 Å². The number of carbonyl (C=O) groups is 1. The fraction of sp³-hybridized carbons (Fsp3) is 0.222. The summed E-state index contributed by atoms with van der Waals surface area (Å²) in [6.45, 7) is 0. The van der Waals surface area contributed by atoms with E-state index < -0.39 is 16.9 Å². The van der Waals surface area contributed by atoms with Gasteiger partial charge in [-0.25, -0.2) is 13.8 Å². The molecule has 4 nitrogen and oxygen atoms in total. The van der Waals surface area contributed by atoms with Gasteiger partial charge in [0.15, 0.2) is 16.8 Å². The number of rotatable bonds is 5. The van der Waals surface area contributed by atoms with Gasteiger partial charge >= 0.3 is 0 Å². The molecule has 1 fully saturated rings. The van der Waals surface area contributed by atoms with E-state index in [2.05, 4.69) is 15.3 Å². The average molecular weight is 359 g/mol. The normalized spacial score (nSPS) is 15.3. The molecule has 1 unspecified atom stereocenters. The van der Waals surface area contributed by atoms with Crippen molar-refractivity contribution < 1.29 is 13.6 Å². The summed E-state index contributed by atoms with van der Waals surface area (Å²) in [4.78, 5) is 19.9. The van der Waals surface area contributed by atoms with Crippen molar-refractivity contribution in [3.63, 3.8) is 0 Å². The molecule has 1 aromatic heterocycles. The molecule has 0 bridgehead atoms. The van der Waals surface area contributed by atoms with Crippen LogP contribution >= 0.6 is 11.8 Å². The number of nitrogens with one attached hydrogen (secondary N) is 2. The van der Waals surface area contributed by atoms with Crippen molar-refractivity contribution in [1.82, 2.24) is 15.3 Å². The number of nitrogens with zero attached hydrogens (tertiary/aromatic N) is 1. The van der Waals surface area contributed by atoms with Crippen LogP contribution in [-0.2, 0) is 4.79 Å². The molecule has 128 valence electrons. The maximum Gasteiger partial charge on any atom is 0.238 e. The van der Waals surface area contributed by atoms with E-state index in [0.29, 0.717) is 16.2 Å². The average Bonchev–Trinajstić information content (AvgIpc) is 3.33. The summed E-state index contributed by atoms with van der Waals surface area (Å²) in [5.41, 5.74) is 1.58. The maximum absolute atomic E-state index is 13.4. The van der Waals surface area contributed by atoms with Crippen LogP contribution in [0, 0.1) is 11.6 Å². The van der Waals surface area contributed by atoms with Gasteiger partial charge in [0, 0.05) is 18.2 Å². The Morgan fingerprint density at radius 3 is 2.64 bits per heavy atom. The molecule has 4 rings (SSSR count). The number of amides is 1. The molecule has 7 heteroatoms. The van der Waals surface area contributed by atoms with Crippen molar-refractivity contribution in [1.29, 1.82) is 0 Å². The predicted molar refractivity (Wildman–Crippen MR) is 92.2 cm³/mol. The zero-order valence-electron chi connectivity index (χ0n) is 13.1. The first kappa shape index (κ1) is 16.1. The Balaban J connectivity index is 1.64. The summed E-state index contributed by atoms with van der Waals surface area (Å²) >= 11 is 1.23. The first-order valence-corrected chi connectivity index (χ1v) is 8.85. The SMILES string of the molecule is O=C(NC1CC1)C(Sc1nc2cc(F)c(F)cc2[nH]1)c1ccccc1. The van der Waals surface area contributed by atoms with Crippen LogP contribution in [0.15, 0.2) is 47.6 Å². The molecular weight excluding hydrogens is 344 g/mol. The second-order valence-corrected chi connectivity index (χ2v) is 7.11. The molecule has 1 heterocycles. The van der Waals surface area contributed by atoms with Crippen LogP contribution in [-0.4, -0.2) is 21.9 Å². The van der Waals surface area contributed by atoms with Crippen molar-refractivity contribution in [3.05, 3.63) is 59.7 Å². The number of halogens is 2. The molecule has 1 aliphatic rings. The number of thioether (sulfide) groups is 1. The molecule has 25 heavy (non-hydrogen) atoms. The lowest BCUT2D eigenvalue weighted by Crippen LogP contribution is -2.29. The highest BCUT2D eigenvalue weighted by atomic mass is 32.2. The number of H-pyrrole nitrogens is 1. The van der Waals surface area contributed by atoms with Gasteiger partial charge in [-0.05, 0) is 18.4 Å². The smallest absolute Gasteiger partial charge is 0.238 e. The van der Waals surface area contributed by atoms with Gasteiger partial charge < -0.3 is 10.3 Å². The minimum absolute atomic E-state index is 0.0866. The summed E-state index contributed by atoms with van der Waals surface area (Å²) in [5, 5.41) is 2.96. The number of benzene rings is 2. The second kappa shape index (κ2) is 6.48. The maximum atomic E-state index is 13.4. The minimum Gasteiger partial charge on any atom is -0.352 e. The van der Waals surface area contributed by atoms with Crippen LogP contribution in [0.2, 0.25) is 0 Å². The third kappa shape index (κ3) is 3.51. The molecule has 0 spiro atoms. The molecule has 1 saturated carbocycles. The molecule has 2 N–H and O–H groups in total. The minimum atomic E-state index is -0.943. The highest BCUT2D eigenvalue weighted by molar-refractivity contribution is 8.00. The molecule has 0 radical (unpaired) electrons. The Hall–Kier alpha value is -2.41. The van der Waals surface area contributed by atoms with Gasteiger partial charge in [0.1, 0.15) is 5.25 Å². The largest absolute Gasteiger partial charge is 0.352 e. The highest BCUT2D eigenvalue weighted by Crippen LogP contribution is 2.36. The van der Waals surface area contributed by atoms with E-state index in [-0.39, 0.29) is 11.9 Å². The third-order valence-corrected chi connectivity index (χ3v) is 5.13. The quantitative estimate of drug-likeness (QED) is 0.678. The van der Waals surface area contributed by atoms with E-state index in [1.807, 2.05) is 30.3 Å². The van der Waals surface area contributed by atoms with Crippen LogP contribution in [0.1, 0.15) is 23.7 Å². The van der Waals surface area contributed by atoms with E-state index in [4.69, 9.17) is 0 Å². The van der Waals surface area contributed by atoms with Crippen molar-refractivity contribution >= 4 is 28.7 Å². The third-order valence-electron chi connectivity index (χ3n) is 4.00. The van der Waals surface area contributed by atoms with Gasteiger partial charge in [-0.2, -0.15) is 0 Å². The first-order valence-electron chi connectivity index (χ1n) is 7.97. The molecule has 1 amide bonds. The van der Waals surface area contributed by atoms with Crippen LogP contribution in [0.5, 0.6) is 0 Å². The zero-order chi connectivity index (χ0) is 17.4. The summed E-state index contributed by atoms with van der Waals surface area (Å²) in [5.74, 6) is -1.96. The predicted octanol–water partition coefficient (Wildman–Crippen LogP) is 3.95. The van der Waals surface area contributed by atoms with Crippen molar-refractivity contribution in [3.8, 4) is 0 Å². The van der Waals surface area contributed by atoms with Crippen molar-refractivity contribution in [2.75, 3.05) is 0 Å².